The molecule has 0 atom stereocenters. The lowest BCUT2D eigenvalue weighted by Gasteiger charge is -2.08. The van der Waals surface area contributed by atoms with E-state index < -0.39 is 18.9 Å². The van der Waals surface area contributed by atoms with Gasteiger partial charge in [0.05, 0.1) is 4.47 Å². The average molecular weight is 280 g/mol. The van der Waals surface area contributed by atoms with E-state index >= 15 is 0 Å². The predicted octanol–water partition coefficient (Wildman–Crippen LogP) is 2.19. The summed E-state index contributed by atoms with van der Waals surface area (Å²) >= 11 is 3.11. The summed E-state index contributed by atoms with van der Waals surface area (Å²) in [6.45, 7) is -0.721. The van der Waals surface area contributed by atoms with Crippen LogP contribution in [0, 0.1) is 0 Å². The molecule has 0 bridgehead atoms. The van der Waals surface area contributed by atoms with Crippen LogP contribution in [0.4, 0.5) is 8.78 Å². The Bertz CT molecular complexity index is 371. The SMILES string of the molecule is NC(=O)c1ccc(Br)c(OCC(F)F)c1. The number of carbonyl (C=O) groups excluding carboxylic acids is 1. The Hall–Kier alpha value is -1.17. The molecule has 0 spiro atoms. The van der Waals surface area contributed by atoms with E-state index in [0.29, 0.717) is 4.47 Å². The van der Waals surface area contributed by atoms with Crippen molar-refractivity contribution in [1.29, 1.82) is 0 Å². The lowest BCUT2D eigenvalue weighted by atomic mass is 10.2. The molecule has 0 aliphatic carbocycles. The molecule has 1 amide bonds. The summed E-state index contributed by atoms with van der Waals surface area (Å²) in [5.41, 5.74) is 5.24. The molecule has 1 rings (SSSR count). The van der Waals surface area contributed by atoms with E-state index in [4.69, 9.17) is 10.5 Å². The minimum atomic E-state index is -2.56. The van der Waals surface area contributed by atoms with Crippen molar-refractivity contribution in [3.8, 4) is 5.75 Å². The van der Waals surface area contributed by atoms with Crippen molar-refractivity contribution in [2.75, 3.05) is 6.61 Å². The minimum absolute atomic E-state index is 0.173. The van der Waals surface area contributed by atoms with Gasteiger partial charge in [0.2, 0.25) is 5.91 Å². The van der Waals surface area contributed by atoms with Crippen LogP contribution in [0.5, 0.6) is 5.75 Å². The molecule has 82 valence electrons. The second kappa shape index (κ2) is 5.06. The number of halogens is 3. The van der Waals surface area contributed by atoms with E-state index in [9.17, 15) is 13.6 Å². The van der Waals surface area contributed by atoms with Gasteiger partial charge in [0.25, 0.3) is 6.43 Å². The Labute approximate surface area is 93.3 Å². The van der Waals surface area contributed by atoms with E-state index in [1.165, 1.54) is 18.2 Å². The highest BCUT2D eigenvalue weighted by molar-refractivity contribution is 9.10. The van der Waals surface area contributed by atoms with Gasteiger partial charge in [-0.15, -0.1) is 0 Å². The number of benzene rings is 1. The maximum absolute atomic E-state index is 11.9. The number of hydrogen-bond acceptors (Lipinski definition) is 2. The molecule has 1 aromatic rings. The van der Waals surface area contributed by atoms with Crippen LogP contribution in [0.3, 0.4) is 0 Å². The highest BCUT2D eigenvalue weighted by atomic mass is 79.9. The van der Waals surface area contributed by atoms with Gasteiger partial charge in [-0.25, -0.2) is 8.78 Å². The van der Waals surface area contributed by atoms with Crippen molar-refractivity contribution < 1.29 is 18.3 Å². The highest BCUT2D eigenvalue weighted by Gasteiger charge is 2.09. The van der Waals surface area contributed by atoms with Crippen LogP contribution < -0.4 is 10.5 Å². The Morgan fingerprint density at radius 3 is 2.73 bits per heavy atom. The van der Waals surface area contributed by atoms with Crippen molar-refractivity contribution >= 4 is 21.8 Å². The number of hydrogen-bond donors (Lipinski definition) is 1. The summed E-state index contributed by atoms with van der Waals surface area (Å²) in [4.78, 5) is 10.8. The first-order valence-electron chi connectivity index (χ1n) is 4.01. The zero-order chi connectivity index (χ0) is 11.4. The van der Waals surface area contributed by atoms with Crippen LogP contribution in [0.25, 0.3) is 0 Å². The quantitative estimate of drug-likeness (QED) is 0.919. The van der Waals surface area contributed by atoms with Gasteiger partial charge in [-0.3, -0.25) is 4.79 Å². The number of amides is 1. The molecule has 0 unspecified atom stereocenters. The van der Waals surface area contributed by atoms with Crippen LogP contribution in [0.1, 0.15) is 10.4 Å². The lowest BCUT2D eigenvalue weighted by molar-refractivity contribution is 0.0814. The summed E-state index contributed by atoms with van der Waals surface area (Å²) < 4.78 is 29.0. The van der Waals surface area contributed by atoms with Crippen molar-refractivity contribution in [1.82, 2.24) is 0 Å². The first-order chi connectivity index (χ1) is 7.00. The maximum atomic E-state index is 11.9. The summed E-state index contributed by atoms with van der Waals surface area (Å²) in [6, 6.07) is 4.30. The second-order valence-corrected chi connectivity index (χ2v) is 3.57. The van der Waals surface area contributed by atoms with Crippen molar-refractivity contribution in [3.63, 3.8) is 0 Å². The maximum Gasteiger partial charge on any atom is 0.272 e. The third kappa shape index (κ3) is 3.47. The molecule has 1 aromatic carbocycles. The third-order valence-corrected chi connectivity index (χ3v) is 2.24. The first kappa shape index (κ1) is 11.9. The Balaban J connectivity index is 2.85. The van der Waals surface area contributed by atoms with Crippen LogP contribution in [0.15, 0.2) is 22.7 Å². The summed E-state index contributed by atoms with van der Waals surface area (Å²) in [7, 11) is 0. The Morgan fingerprint density at radius 1 is 1.53 bits per heavy atom. The molecule has 0 heterocycles. The van der Waals surface area contributed by atoms with Crippen LogP contribution in [-0.2, 0) is 0 Å². The molecule has 2 N–H and O–H groups in total. The molecule has 15 heavy (non-hydrogen) atoms. The van der Waals surface area contributed by atoms with Gasteiger partial charge >= 0.3 is 0 Å². The Morgan fingerprint density at radius 2 is 2.20 bits per heavy atom. The third-order valence-electron chi connectivity index (χ3n) is 1.58. The average Bonchev–Trinajstić information content (AvgIpc) is 2.16. The topological polar surface area (TPSA) is 52.3 Å². The van der Waals surface area contributed by atoms with E-state index in [2.05, 4.69) is 15.9 Å². The largest absolute Gasteiger partial charge is 0.486 e. The molecule has 0 aliphatic rings. The number of ether oxygens (including phenoxy) is 1. The molecule has 0 aromatic heterocycles. The fourth-order valence-corrected chi connectivity index (χ4v) is 1.28. The molecule has 0 radical (unpaired) electrons. The number of rotatable bonds is 4. The minimum Gasteiger partial charge on any atom is -0.486 e. The van der Waals surface area contributed by atoms with E-state index in [1.54, 1.807) is 0 Å². The van der Waals surface area contributed by atoms with Gasteiger partial charge < -0.3 is 10.5 Å². The van der Waals surface area contributed by atoms with Gasteiger partial charge in [0.15, 0.2) is 0 Å². The van der Waals surface area contributed by atoms with E-state index in [-0.39, 0.29) is 11.3 Å². The van der Waals surface area contributed by atoms with Gasteiger partial charge in [-0.2, -0.15) is 0 Å². The molecule has 0 fully saturated rings. The predicted molar refractivity (Wildman–Crippen MR) is 54.2 cm³/mol. The number of primary amides is 1. The summed E-state index contributed by atoms with van der Waals surface area (Å²) in [5.74, 6) is -0.462. The van der Waals surface area contributed by atoms with Crippen molar-refractivity contribution in [2.45, 2.75) is 6.43 Å². The zero-order valence-electron chi connectivity index (χ0n) is 7.54. The number of alkyl halides is 2. The van der Waals surface area contributed by atoms with Crippen LogP contribution >= 0.6 is 15.9 Å². The standard InChI is InChI=1S/C9H8BrF2NO2/c10-6-2-1-5(9(13)14)3-7(6)15-4-8(11)12/h1-3,8H,4H2,(H2,13,14). The number of nitrogens with two attached hydrogens (primary N) is 1. The van der Waals surface area contributed by atoms with Crippen LogP contribution in [-0.4, -0.2) is 18.9 Å². The second-order valence-electron chi connectivity index (χ2n) is 2.71. The normalized spacial score (nSPS) is 10.4. The van der Waals surface area contributed by atoms with Gasteiger partial charge in [-0.05, 0) is 34.1 Å². The fraction of sp³-hybridized carbons (Fsp3) is 0.222. The monoisotopic (exact) mass is 279 g/mol. The first-order valence-corrected chi connectivity index (χ1v) is 4.80. The molecule has 0 aliphatic heterocycles. The lowest BCUT2D eigenvalue weighted by Crippen LogP contribution is -2.12. The summed E-state index contributed by atoms with van der Waals surface area (Å²) in [6.07, 6.45) is -2.56. The molecule has 0 saturated heterocycles. The van der Waals surface area contributed by atoms with Crippen molar-refractivity contribution in [2.24, 2.45) is 5.73 Å². The molecular weight excluding hydrogens is 272 g/mol. The summed E-state index contributed by atoms with van der Waals surface area (Å²) in [5, 5.41) is 0. The number of carbonyl (C=O) groups is 1. The molecule has 0 saturated carbocycles. The van der Waals surface area contributed by atoms with Gasteiger partial charge in [-0.1, -0.05) is 0 Å². The van der Waals surface area contributed by atoms with E-state index in [0.717, 1.165) is 0 Å². The molecular formula is C9H8BrF2NO2. The van der Waals surface area contributed by atoms with Gasteiger partial charge in [0.1, 0.15) is 12.4 Å². The fourth-order valence-electron chi connectivity index (χ4n) is 0.920. The smallest absolute Gasteiger partial charge is 0.272 e. The van der Waals surface area contributed by atoms with Gasteiger partial charge in [0, 0.05) is 5.56 Å². The zero-order valence-corrected chi connectivity index (χ0v) is 9.13. The van der Waals surface area contributed by atoms with Crippen LogP contribution in [0.2, 0.25) is 0 Å². The molecule has 6 heteroatoms. The molecule has 3 nitrogen and oxygen atoms in total. The van der Waals surface area contributed by atoms with Crippen molar-refractivity contribution in [3.05, 3.63) is 28.2 Å². The Kier molecular flexibility index (Phi) is 4.02. The van der Waals surface area contributed by atoms with E-state index in [1.807, 2.05) is 0 Å². The highest BCUT2D eigenvalue weighted by Crippen LogP contribution is 2.26.